The average molecular weight is 343 g/mol. The number of aromatic nitrogens is 1. The minimum atomic E-state index is 0.113. The van der Waals surface area contributed by atoms with Crippen LogP contribution in [0.2, 0.25) is 0 Å². The molecule has 25 heavy (non-hydrogen) atoms. The Kier molecular flexibility index (Phi) is 7.07. The van der Waals surface area contributed by atoms with Crippen LogP contribution in [0.25, 0.3) is 0 Å². The van der Waals surface area contributed by atoms with E-state index in [1.165, 1.54) is 5.56 Å². The van der Waals surface area contributed by atoms with Crippen molar-refractivity contribution in [3.8, 4) is 11.5 Å². The minimum absolute atomic E-state index is 0.113. The molecule has 0 aliphatic carbocycles. The molecule has 0 fully saturated rings. The highest BCUT2D eigenvalue weighted by molar-refractivity contribution is 5.76. The lowest BCUT2D eigenvalue weighted by Crippen LogP contribution is -2.30. The number of nitrogens with one attached hydrogen (secondary N) is 1. The number of ether oxygens (including phenoxy) is 2. The van der Waals surface area contributed by atoms with Gasteiger partial charge in [-0.25, -0.2) is 0 Å². The maximum Gasteiger partial charge on any atom is 0.224 e. The molecule has 0 bridgehead atoms. The van der Waals surface area contributed by atoms with Gasteiger partial charge >= 0.3 is 0 Å². The number of benzene rings is 1. The fourth-order valence-corrected chi connectivity index (χ4v) is 2.42. The smallest absolute Gasteiger partial charge is 0.224 e. The number of pyridine rings is 1. The lowest BCUT2D eigenvalue weighted by atomic mass is 10.2. The van der Waals surface area contributed by atoms with Crippen molar-refractivity contribution >= 4 is 11.6 Å². The molecular formula is C19H25N3O3. The molecule has 0 saturated carbocycles. The first-order valence-electron chi connectivity index (χ1n) is 8.23. The summed E-state index contributed by atoms with van der Waals surface area (Å²) < 4.78 is 10.5. The first-order valence-corrected chi connectivity index (χ1v) is 8.23. The fourth-order valence-electron chi connectivity index (χ4n) is 2.42. The van der Waals surface area contributed by atoms with E-state index in [-0.39, 0.29) is 5.91 Å². The van der Waals surface area contributed by atoms with Gasteiger partial charge in [0.2, 0.25) is 5.91 Å². The molecule has 0 radical (unpaired) electrons. The van der Waals surface area contributed by atoms with Crippen LogP contribution in [-0.4, -0.2) is 50.1 Å². The summed E-state index contributed by atoms with van der Waals surface area (Å²) in [5.74, 6) is 1.45. The Hall–Kier alpha value is -2.76. The van der Waals surface area contributed by atoms with Gasteiger partial charge in [0.1, 0.15) is 0 Å². The zero-order valence-electron chi connectivity index (χ0n) is 15.0. The summed E-state index contributed by atoms with van der Waals surface area (Å²) in [4.78, 5) is 18.0. The third-order valence-corrected chi connectivity index (χ3v) is 3.96. The van der Waals surface area contributed by atoms with Crippen molar-refractivity contribution in [3.63, 3.8) is 0 Å². The number of carbonyl (C=O) groups is 1. The molecule has 0 aliphatic rings. The van der Waals surface area contributed by atoms with Gasteiger partial charge in [0, 0.05) is 50.7 Å². The van der Waals surface area contributed by atoms with Gasteiger partial charge in [0.25, 0.3) is 0 Å². The summed E-state index contributed by atoms with van der Waals surface area (Å²) in [7, 11) is 5.04. The van der Waals surface area contributed by atoms with Crippen LogP contribution < -0.4 is 14.8 Å². The Balaban J connectivity index is 1.76. The number of carbonyl (C=O) groups excluding carboxylic acids is 1. The van der Waals surface area contributed by atoms with E-state index in [1.807, 2.05) is 37.4 Å². The van der Waals surface area contributed by atoms with Crippen molar-refractivity contribution in [1.29, 1.82) is 0 Å². The topological polar surface area (TPSA) is 63.7 Å². The number of hydrogen-bond donors (Lipinski definition) is 1. The van der Waals surface area contributed by atoms with Gasteiger partial charge in [-0.1, -0.05) is 0 Å². The molecule has 0 aliphatic heterocycles. The van der Waals surface area contributed by atoms with E-state index >= 15 is 0 Å². The highest BCUT2D eigenvalue weighted by atomic mass is 16.5. The minimum Gasteiger partial charge on any atom is -0.493 e. The van der Waals surface area contributed by atoms with Crippen LogP contribution in [0, 0.1) is 0 Å². The van der Waals surface area contributed by atoms with E-state index in [1.54, 1.807) is 31.5 Å². The predicted octanol–water partition coefficient (Wildman–Crippen LogP) is 2.60. The van der Waals surface area contributed by atoms with Crippen LogP contribution in [-0.2, 0) is 11.2 Å². The highest BCUT2D eigenvalue weighted by Crippen LogP contribution is 2.29. The monoisotopic (exact) mass is 343 g/mol. The maximum absolute atomic E-state index is 12.2. The van der Waals surface area contributed by atoms with E-state index in [2.05, 4.69) is 10.3 Å². The molecule has 1 aromatic carbocycles. The van der Waals surface area contributed by atoms with Crippen molar-refractivity contribution in [2.75, 3.05) is 39.7 Å². The number of nitrogens with zero attached hydrogens (tertiary/aromatic N) is 2. The van der Waals surface area contributed by atoms with Crippen LogP contribution in [0.5, 0.6) is 11.5 Å². The van der Waals surface area contributed by atoms with Gasteiger partial charge in [-0.3, -0.25) is 9.78 Å². The lowest BCUT2D eigenvalue weighted by molar-refractivity contribution is -0.129. The van der Waals surface area contributed by atoms with Gasteiger partial charge < -0.3 is 19.7 Å². The van der Waals surface area contributed by atoms with Crippen LogP contribution in [0.3, 0.4) is 0 Å². The summed E-state index contributed by atoms with van der Waals surface area (Å²) >= 11 is 0. The summed E-state index contributed by atoms with van der Waals surface area (Å²) in [5.41, 5.74) is 2.07. The second-order valence-corrected chi connectivity index (χ2v) is 5.67. The first-order chi connectivity index (χ1) is 12.1. The van der Waals surface area contributed by atoms with E-state index < -0.39 is 0 Å². The van der Waals surface area contributed by atoms with Crippen molar-refractivity contribution in [2.24, 2.45) is 0 Å². The third-order valence-electron chi connectivity index (χ3n) is 3.96. The lowest BCUT2D eigenvalue weighted by Gasteiger charge is -2.17. The molecule has 6 heteroatoms. The number of likely N-dealkylation sites (N-methyl/N-ethyl adjacent to an activating group) is 1. The van der Waals surface area contributed by atoms with Crippen molar-refractivity contribution < 1.29 is 14.3 Å². The average Bonchev–Trinajstić information content (AvgIpc) is 2.66. The van der Waals surface area contributed by atoms with Gasteiger partial charge in [-0.2, -0.15) is 0 Å². The normalized spacial score (nSPS) is 10.2. The maximum atomic E-state index is 12.2. The van der Waals surface area contributed by atoms with E-state index in [0.29, 0.717) is 31.0 Å². The number of anilines is 1. The van der Waals surface area contributed by atoms with E-state index in [4.69, 9.17) is 9.47 Å². The zero-order valence-corrected chi connectivity index (χ0v) is 15.0. The van der Waals surface area contributed by atoms with Gasteiger partial charge in [0.15, 0.2) is 11.5 Å². The Labute approximate surface area is 148 Å². The van der Waals surface area contributed by atoms with Gasteiger partial charge in [-0.15, -0.1) is 0 Å². The number of rotatable bonds is 9. The standard InChI is InChI=1S/C19H25N3O3/c1-22(13-9-15-6-10-20-11-7-15)19(23)8-12-21-16-4-5-17(24-2)18(14-16)25-3/h4-7,10-11,14,21H,8-9,12-13H2,1-3H3. The molecule has 134 valence electrons. The van der Waals surface area contributed by atoms with Gasteiger partial charge in [0.05, 0.1) is 14.2 Å². The van der Waals surface area contributed by atoms with Crippen molar-refractivity contribution in [3.05, 3.63) is 48.3 Å². The van der Waals surface area contributed by atoms with Crippen molar-refractivity contribution in [1.82, 2.24) is 9.88 Å². The molecule has 6 nitrogen and oxygen atoms in total. The molecular weight excluding hydrogens is 318 g/mol. The molecule has 1 amide bonds. The zero-order chi connectivity index (χ0) is 18.1. The van der Waals surface area contributed by atoms with E-state index in [9.17, 15) is 4.79 Å². The third kappa shape index (κ3) is 5.67. The fraction of sp³-hybridized carbons (Fsp3) is 0.368. The summed E-state index contributed by atoms with van der Waals surface area (Å²) in [5, 5.41) is 3.24. The second kappa shape index (κ2) is 9.52. The Morgan fingerprint density at radius 2 is 1.84 bits per heavy atom. The first kappa shape index (κ1) is 18.6. The SMILES string of the molecule is COc1ccc(NCCC(=O)N(C)CCc2ccncc2)cc1OC. The molecule has 1 aromatic heterocycles. The predicted molar refractivity (Wildman–Crippen MR) is 98.2 cm³/mol. The number of methoxy groups -OCH3 is 2. The number of amides is 1. The molecule has 0 spiro atoms. The summed E-state index contributed by atoms with van der Waals surface area (Å²) in [6, 6.07) is 9.53. The largest absolute Gasteiger partial charge is 0.493 e. The Bertz CT molecular complexity index is 677. The highest BCUT2D eigenvalue weighted by Gasteiger charge is 2.09. The Morgan fingerprint density at radius 1 is 1.12 bits per heavy atom. The molecule has 1 N–H and O–H groups in total. The molecule has 0 saturated heterocycles. The van der Waals surface area contributed by atoms with Crippen LogP contribution in [0.4, 0.5) is 5.69 Å². The summed E-state index contributed by atoms with van der Waals surface area (Å²) in [6.07, 6.45) is 4.80. The Morgan fingerprint density at radius 3 is 2.52 bits per heavy atom. The summed E-state index contributed by atoms with van der Waals surface area (Å²) in [6.45, 7) is 1.26. The molecule has 2 aromatic rings. The molecule has 0 atom stereocenters. The second-order valence-electron chi connectivity index (χ2n) is 5.67. The molecule has 1 heterocycles. The van der Waals surface area contributed by atoms with Crippen LogP contribution in [0.15, 0.2) is 42.7 Å². The van der Waals surface area contributed by atoms with Crippen LogP contribution >= 0.6 is 0 Å². The molecule has 2 rings (SSSR count). The quantitative estimate of drug-likeness (QED) is 0.758. The van der Waals surface area contributed by atoms with E-state index in [0.717, 1.165) is 12.1 Å². The number of hydrogen-bond acceptors (Lipinski definition) is 5. The van der Waals surface area contributed by atoms with Crippen molar-refractivity contribution in [2.45, 2.75) is 12.8 Å². The van der Waals surface area contributed by atoms with Gasteiger partial charge in [-0.05, 0) is 36.2 Å². The molecule has 0 unspecified atom stereocenters. The van der Waals surface area contributed by atoms with Crippen LogP contribution in [0.1, 0.15) is 12.0 Å².